The van der Waals surface area contributed by atoms with Crippen LogP contribution in [0.15, 0.2) is 0 Å². The molecule has 1 amide bonds. The monoisotopic (exact) mass is 383 g/mol. The lowest BCUT2D eigenvalue weighted by atomic mass is 9.67. The third kappa shape index (κ3) is 9.62. The molecule has 0 heterocycles. The number of carboxylic acids is 1. The van der Waals surface area contributed by atoms with Gasteiger partial charge in [-0.05, 0) is 47.3 Å². The van der Waals surface area contributed by atoms with E-state index in [0.29, 0.717) is 18.8 Å². The van der Waals surface area contributed by atoms with Gasteiger partial charge in [-0.1, -0.05) is 69.2 Å². The first-order valence-electron chi connectivity index (χ1n) is 10.3. The highest BCUT2D eigenvalue weighted by Crippen LogP contribution is 2.41. The van der Waals surface area contributed by atoms with Crippen LogP contribution in [0.2, 0.25) is 0 Å². The van der Waals surface area contributed by atoms with Gasteiger partial charge in [-0.15, -0.1) is 0 Å². The molecule has 0 radical (unpaired) electrons. The van der Waals surface area contributed by atoms with Crippen LogP contribution in [0.3, 0.4) is 0 Å². The van der Waals surface area contributed by atoms with Crippen LogP contribution in [0.1, 0.15) is 102 Å². The quantitative estimate of drug-likeness (QED) is 0.467. The molecule has 2 N–H and O–H groups in total. The molecule has 0 bridgehead atoms. The number of hydrogen-bond donors (Lipinski definition) is 2. The van der Waals surface area contributed by atoms with E-state index in [2.05, 4.69) is 53.8 Å². The molecule has 0 aliphatic heterocycles. The zero-order chi connectivity index (χ0) is 21.8. The van der Waals surface area contributed by atoms with Crippen molar-refractivity contribution in [1.29, 1.82) is 0 Å². The average molecular weight is 384 g/mol. The minimum Gasteiger partial charge on any atom is -0.481 e. The predicted molar refractivity (Wildman–Crippen MR) is 114 cm³/mol. The maximum Gasteiger partial charge on any atom is 0.303 e. The maximum atomic E-state index is 12.7. The molecule has 0 aliphatic carbocycles. The number of aliphatic carboxylic acids is 1. The Kier molecular flexibility index (Phi) is 8.61. The van der Waals surface area contributed by atoms with Crippen LogP contribution in [0, 0.1) is 27.6 Å². The first-order chi connectivity index (χ1) is 11.8. The molecule has 0 spiro atoms. The van der Waals surface area contributed by atoms with Crippen molar-refractivity contribution >= 4 is 11.9 Å². The molecule has 1 atom stereocenters. The number of rotatable bonds is 11. The molecule has 4 heteroatoms. The van der Waals surface area contributed by atoms with Crippen molar-refractivity contribution in [2.45, 2.75) is 108 Å². The Morgan fingerprint density at radius 3 is 1.63 bits per heavy atom. The van der Waals surface area contributed by atoms with Crippen LogP contribution in [0.25, 0.3) is 0 Å². The molecule has 0 aliphatic rings. The topological polar surface area (TPSA) is 66.4 Å². The van der Waals surface area contributed by atoms with E-state index >= 15 is 0 Å². The average Bonchev–Trinajstić information content (AvgIpc) is 2.32. The first-order valence-corrected chi connectivity index (χ1v) is 10.3. The minimum absolute atomic E-state index is 0.00382. The Morgan fingerprint density at radius 1 is 0.778 bits per heavy atom. The number of carbonyl (C=O) groups excluding carboxylic acids is 1. The van der Waals surface area contributed by atoms with E-state index in [9.17, 15) is 9.59 Å². The van der Waals surface area contributed by atoms with Crippen LogP contribution >= 0.6 is 0 Å². The third-order valence-electron chi connectivity index (χ3n) is 6.25. The van der Waals surface area contributed by atoms with Gasteiger partial charge < -0.3 is 10.4 Å². The van der Waals surface area contributed by atoms with Crippen molar-refractivity contribution in [3.8, 4) is 0 Å². The molecule has 27 heavy (non-hydrogen) atoms. The van der Waals surface area contributed by atoms with Crippen molar-refractivity contribution in [3.05, 3.63) is 0 Å². The molecule has 0 aromatic rings. The zero-order valence-corrected chi connectivity index (χ0v) is 19.7. The van der Waals surface area contributed by atoms with Crippen molar-refractivity contribution in [2.24, 2.45) is 27.6 Å². The Bertz CT molecular complexity index is 516. The molecule has 160 valence electrons. The van der Waals surface area contributed by atoms with Crippen molar-refractivity contribution in [1.82, 2.24) is 5.32 Å². The van der Waals surface area contributed by atoms with Gasteiger partial charge in [0, 0.05) is 12.5 Å². The van der Waals surface area contributed by atoms with E-state index < -0.39 is 5.97 Å². The Labute approximate surface area is 167 Å². The van der Waals surface area contributed by atoms with Crippen LogP contribution in [0.5, 0.6) is 0 Å². The van der Waals surface area contributed by atoms with Gasteiger partial charge in [0.05, 0.1) is 6.42 Å². The number of carboxylic acid groups (broad SMARTS) is 1. The fraction of sp³-hybridized carbons (Fsp3) is 0.913. The van der Waals surface area contributed by atoms with Crippen molar-refractivity contribution in [2.75, 3.05) is 0 Å². The zero-order valence-electron chi connectivity index (χ0n) is 19.7. The minimum atomic E-state index is -0.789. The summed E-state index contributed by atoms with van der Waals surface area (Å²) in [6.07, 6.45) is 2.25. The normalized spacial score (nSPS) is 15.0. The number of amides is 1. The number of nitrogens with one attached hydrogen (secondary N) is 1. The van der Waals surface area contributed by atoms with Gasteiger partial charge in [-0.25, -0.2) is 0 Å². The summed E-state index contributed by atoms with van der Waals surface area (Å²) in [4.78, 5) is 23.8. The lowest BCUT2D eigenvalue weighted by molar-refractivity contribution is -0.139. The van der Waals surface area contributed by atoms with Gasteiger partial charge in [0.15, 0.2) is 0 Å². The van der Waals surface area contributed by atoms with E-state index in [-0.39, 0.29) is 40.0 Å². The highest BCUT2D eigenvalue weighted by molar-refractivity contribution is 5.77. The van der Waals surface area contributed by atoms with Crippen LogP contribution in [-0.2, 0) is 9.59 Å². The van der Waals surface area contributed by atoms with Gasteiger partial charge in [0.2, 0.25) is 5.91 Å². The second kappa shape index (κ2) is 8.96. The fourth-order valence-corrected chi connectivity index (χ4v) is 4.28. The van der Waals surface area contributed by atoms with E-state index in [0.717, 1.165) is 6.42 Å². The van der Waals surface area contributed by atoms with Gasteiger partial charge in [-0.2, -0.15) is 0 Å². The highest BCUT2D eigenvalue weighted by atomic mass is 16.4. The van der Waals surface area contributed by atoms with Crippen LogP contribution in [0.4, 0.5) is 0 Å². The molecule has 0 fully saturated rings. The van der Waals surface area contributed by atoms with Gasteiger partial charge >= 0.3 is 5.97 Å². The third-order valence-corrected chi connectivity index (χ3v) is 6.25. The number of carbonyl (C=O) groups is 2. The highest BCUT2D eigenvalue weighted by Gasteiger charge is 2.37. The second-order valence-electron chi connectivity index (χ2n) is 11.9. The summed E-state index contributed by atoms with van der Waals surface area (Å²) in [6, 6.07) is 0.0749. The van der Waals surface area contributed by atoms with Crippen molar-refractivity contribution in [3.63, 3.8) is 0 Å². The summed E-state index contributed by atoms with van der Waals surface area (Å²) in [6.45, 7) is 23.6. The SMILES string of the molecule is CC(C)C(C)(C)CC(C)(C)C(C)NC(=O)CC(C)(C)CC(C)(C)CC(=O)O. The van der Waals surface area contributed by atoms with Crippen LogP contribution < -0.4 is 5.32 Å². The first kappa shape index (κ1) is 25.9. The summed E-state index contributed by atoms with van der Waals surface area (Å²) in [7, 11) is 0. The van der Waals surface area contributed by atoms with Gasteiger partial charge in [-0.3, -0.25) is 9.59 Å². The summed E-state index contributed by atoms with van der Waals surface area (Å²) >= 11 is 0. The standard InChI is InChI=1S/C23H45NO3/c1-16(2)22(8,9)15-23(10,11)17(3)24-18(25)12-20(4,5)14-21(6,7)13-19(26)27/h16-17H,12-15H2,1-11H3,(H,24,25)(H,26,27). The second-order valence-corrected chi connectivity index (χ2v) is 11.9. The molecule has 1 unspecified atom stereocenters. The Hall–Kier alpha value is -1.06. The van der Waals surface area contributed by atoms with E-state index in [1.54, 1.807) is 0 Å². The van der Waals surface area contributed by atoms with Gasteiger partial charge in [0.25, 0.3) is 0 Å². The molecular weight excluding hydrogens is 338 g/mol. The summed E-state index contributed by atoms with van der Waals surface area (Å²) in [5.41, 5.74) is -0.370. The molecule has 4 nitrogen and oxygen atoms in total. The lowest BCUT2D eigenvalue weighted by Crippen LogP contribution is -2.46. The Balaban J connectivity index is 4.90. The Morgan fingerprint density at radius 2 is 1.22 bits per heavy atom. The van der Waals surface area contributed by atoms with Crippen molar-refractivity contribution < 1.29 is 14.7 Å². The smallest absolute Gasteiger partial charge is 0.303 e. The lowest BCUT2D eigenvalue weighted by Gasteiger charge is -2.42. The molecule has 0 aromatic carbocycles. The molecule has 0 rings (SSSR count). The molecule has 0 saturated heterocycles. The summed E-state index contributed by atoms with van der Waals surface area (Å²) < 4.78 is 0. The number of hydrogen-bond acceptors (Lipinski definition) is 2. The molecule has 0 saturated carbocycles. The van der Waals surface area contributed by atoms with E-state index in [1.807, 2.05) is 27.7 Å². The fourth-order valence-electron chi connectivity index (χ4n) is 4.28. The summed E-state index contributed by atoms with van der Waals surface area (Å²) in [5.74, 6) is -0.160. The largest absolute Gasteiger partial charge is 0.481 e. The predicted octanol–water partition coefficient (Wildman–Crippen LogP) is 5.90. The van der Waals surface area contributed by atoms with Crippen LogP contribution in [-0.4, -0.2) is 23.0 Å². The van der Waals surface area contributed by atoms with E-state index in [4.69, 9.17) is 5.11 Å². The van der Waals surface area contributed by atoms with Gasteiger partial charge in [0.1, 0.15) is 0 Å². The molecular formula is C23H45NO3. The molecule has 0 aromatic heterocycles. The maximum absolute atomic E-state index is 12.7. The van der Waals surface area contributed by atoms with E-state index in [1.165, 1.54) is 0 Å². The summed E-state index contributed by atoms with van der Waals surface area (Å²) in [5, 5.41) is 12.3.